The molecule has 5 heteroatoms. The van der Waals surface area contributed by atoms with Crippen LogP contribution in [0.25, 0.3) is 17.5 Å². The van der Waals surface area contributed by atoms with Crippen LogP contribution in [-0.4, -0.2) is 20.6 Å². The van der Waals surface area contributed by atoms with Gasteiger partial charge in [-0.05, 0) is 23.3 Å². The number of rotatable bonds is 7. The van der Waals surface area contributed by atoms with Crippen molar-refractivity contribution in [1.82, 2.24) is 9.55 Å². The lowest BCUT2D eigenvalue weighted by atomic mass is 10.0. The van der Waals surface area contributed by atoms with E-state index in [9.17, 15) is 9.90 Å². The average molecular weight is 429 g/mol. The van der Waals surface area contributed by atoms with Crippen LogP contribution in [0.3, 0.4) is 0 Å². The van der Waals surface area contributed by atoms with Crippen molar-refractivity contribution in [3.8, 4) is 11.4 Å². The zero-order valence-electron chi connectivity index (χ0n) is 16.8. The Kier molecular flexibility index (Phi) is 6.29. The Morgan fingerprint density at radius 2 is 1.58 bits per heavy atom. The lowest BCUT2D eigenvalue weighted by Gasteiger charge is -2.13. The van der Waals surface area contributed by atoms with Crippen LogP contribution in [0.4, 0.5) is 0 Å². The van der Waals surface area contributed by atoms with Crippen molar-refractivity contribution in [2.75, 3.05) is 0 Å². The summed E-state index contributed by atoms with van der Waals surface area (Å²) in [7, 11) is 0. The topological polar surface area (TPSA) is 55.1 Å². The molecule has 4 nitrogen and oxygen atoms in total. The molecule has 0 saturated carbocycles. The van der Waals surface area contributed by atoms with Gasteiger partial charge in [-0.1, -0.05) is 90.5 Å². The quantitative estimate of drug-likeness (QED) is 0.369. The fraction of sp³-hybridized carbons (Fsp3) is 0.0769. The first-order valence-corrected chi connectivity index (χ1v) is 10.3. The predicted octanol–water partition coefficient (Wildman–Crippen LogP) is 5.96. The van der Waals surface area contributed by atoms with E-state index in [1.807, 2.05) is 89.5 Å². The lowest BCUT2D eigenvalue weighted by molar-refractivity contribution is -0.132. The highest BCUT2D eigenvalue weighted by Gasteiger charge is 2.15. The van der Waals surface area contributed by atoms with Gasteiger partial charge in [-0.2, -0.15) is 0 Å². The molecule has 0 aliphatic heterocycles. The molecular weight excluding hydrogens is 408 g/mol. The van der Waals surface area contributed by atoms with Gasteiger partial charge >= 0.3 is 5.97 Å². The summed E-state index contributed by atoms with van der Waals surface area (Å²) in [5.41, 5.74) is 3.85. The fourth-order valence-electron chi connectivity index (χ4n) is 3.47. The number of aliphatic carboxylic acids is 1. The summed E-state index contributed by atoms with van der Waals surface area (Å²) in [6.07, 6.45) is 3.74. The molecule has 0 spiro atoms. The molecular formula is C26H21ClN2O2. The summed E-state index contributed by atoms with van der Waals surface area (Å²) >= 11 is 6.41. The monoisotopic (exact) mass is 428 g/mol. The Morgan fingerprint density at radius 3 is 2.26 bits per heavy atom. The number of nitrogens with zero attached hydrogens (tertiary/aromatic N) is 2. The highest BCUT2D eigenvalue weighted by atomic mass is 35.5. The number of hydrogen-bond donors (Lipinski definition) is 1. The van der Waals surface area contributed by atoms with Gasteiger partial charge in [0.15, 0.2) is 0 Å². The second-order valence-electron chi connectivity index (χ2n) is 7.19. The summed E-state index contributed by atoms with van der Waals surface area (Å²) in [5.74, 6) is -0.188. The normalized spacial score (nSPS) is 11.5. The molecule has 0 unspecified atom stereocenters. The van der Waals surface area contributed by atoms with Crippen LogP contribution in [-0.2, 0) is 17.8 Å². The van der Waals surface area contributed by atoms with Crippen LogP contribution >= 0.6 is 11.6 Å². The van der Waals surface area contributed by atoms with Crippen molar-refractivity contribution in [3.05, 3.63) is 119 Å². The zero-order chi connectivity index (χ0) is 21.6. The first kappa shape index (κ1) is 20.6. The summed E-state index contributed by atoms with van der Waals surface area (Å²) in [4.78, 5) is 16.6. The van der Waals surface area contributed by atoms with E-state index >= 15 is 0 Å². The van der Waals surface area contributed by atoms with Crippen molar-refractivity contribution < 1.29 is 9.90 Å². The molecule has 154 valence electrons. The Balaban J connectivity index is 1.79. The van der Waals surface area contributed by atoms with Crippen LogP contribution in [0.2, 0.25) is 5.02 Å². The summed E-state index contributed by atoms with van der Waals surface area (Å²) in [6.45, 7) is 0.480. The summed E-state index contributed by atoms with van der Waals surface area (Å²) in [6, 6.07) is 27.1. The minimum absolute atomic E-state index is 0.297. The number of carbonyl (C=O) groups is 1. The van der Waals surface area contributed by atoms with E-state index in [0.29, 0.717) is 29.3 Å². The molecule has 0 bridgehead atoms. The van der Waals surface area contributed by atoms with Crippen LogP contribution in [0.5, 0.6) is 0 Å². The van der Waals surface area contributed by atoms with E-state index < -0.39 is 5.97 Å². The van der Waals surface area contributed by atoms with Gasteiger partial charge in [0.05, 0.1) is 18.4 Å². The Labute approximate surface area is 186 Å². The number of imidazole rings is 1. The molecule has 0 saturated heterocycles. The zero-order valence-corrected chi connectivity index (χ0v) is 17.5. The lowest BCUT2D eigenvalue weighted by Crippen LogP contribution is -2.08. The largest absolute Gasteiger partial charge is 0.478 e. The molecule has 0 radical (unpaired) electrons. The van der Waals surface area contributed by atoms with Crippen molar-refractivity contribution >= 4 is 23.6 Å². The minimum atomic E-state index is -0.949. The molecule has 3 aromatic carbocycles. The standard InChI is InChI=1S/C26H21ClN2O2/c27-24-14-8-7-13-21(24)18-29-23(17-28-25(29)20-11-5-2-6-12-20)16-22(26(30)31)15-19-9-3-1-4-10-19/h1-14,16-17H,15,18H2,(H,30,31). The number of aromatic nitrogens is 2. The smallest absolute Gasteiger partial charge is 0.331 e. The second kappa shape index (κ2) is 9.45. The first-order valence-electron chi connectivity index (χ1n) is 9.94. The van der Waals surface area contributed by atoms with E-state index in [1.54, 1.807) is 12.3 Å². The van der Waals surface area contributed by atoms with Crippen molar-refractivity contribution in [3.63, 3.8) is 0 Å². The molecule has 0 amide bonds. The fourth-order valence-corrected chi connectivity index (χ4v) is 3.66. The molecule has 0 aliphatic carbocycles. The molecule has 0 atom stereocenters. The van der Waals surface area contributed by atoms with Crippen LogP contribution in [0.15, 0.2) is 96.7 Å². The second-order valence-corrected chi connectivity index (χ2v) is 7.59. The molecule has 0 aliphatic rings. The van der Waals surface area contributed by atoms with E-state index in [0.717, 1.165) is 22.5 Å². The Bertz CT molecular complexity index is 1210. The van der Waals surface area contributed by atoms with Crippen molar-refractivity contribution in [2.45, 2.75) is 13.0 Å². The van der Waals surface area contributed by atoms with Gasteiger partial charge in [0.1, 0.15) is 5.82 Å². The maximum atomic E-state index is 12.0. The van der Waals surface area contributed by atoms with E-state index in [2.05, 4.69) is 4.98 Å². The molecule has 4 rings (SSSR count). The van der Waals surface area contributed by atoms with Crippen LogP contribution in [0.1, 0.15) is 16.8 Å². The summed E-state index contributed by atoms with van der Waals surface area (Å²) < 4.78 is 2.00. The van der Waals surface area contributed by atoms with E-state index in [1.165, 1.54) is 0 Å². The van der Waals surface area contributed by atoms with Gasteiger partial charge in [-0.15, -0.1) is 0 Å². The van der Waals surface area contributed by atoms with Gasteiger partial charge in [0, 0.05) is 22.6 Å². The van der Waals surface area contributed by atoms with Gasteiger partial charge in [0.25, 0.3) is 0 Å². The van der Waals surface area contributed by atoms with Gasteiger partial charge in [0.2, 0.25) is 0 Å². The van der Waals surface area contributed by atoms with E-state index in [-0.39, 0.29) is 0 Å². The summed E-state index contributed by atoms with van der Waals surface area (Å²) in [5, 5.41) is 10.5. The molecule has 1 N–H and O–H groups in total. The Hall–Kier alpha value is -3.63. The maximum Gasteiger partial charge on any atom is 0.331 e. The molecule has 1 heterocycles. The number of halogens is 1. The average Bonchev–Trinajstić information content (AvgIpc) is 3.18. The molecule has 0 fully saturated rings. The molecule has 4 aromatic rings. The first-order chi connectivity index (χ1) is 15.1. The third-order valence-corrected chi connectivity index (χ3v) is 5.41. The molecule has 1 aromatic heterocycles. The van der Waals surface area contributed by atoms with Crippen molar-refractivity contribution in [2.24, 2.45) is 0 Å². The number of carboxylic acid groups (broad SMARTS) is 1. The SMILES string of the molecule is O=C(O)C(=Cc1cnc(-c2ccccc2)n1Cc1ccccc1Cl)Cc1ccccc1. The van der Waals surface area contributed by atoms with Crippen LogP contribution in [0, 0.1) is 0 Å². The highest BCUT2D eigenvalue weighted by molar-refractivity contribution is 6.31. The molecule has 31 heavy (non-hydrogen) atoms. The number of benzene rings is 3. The highest BCUT2D eigenvalue weighted by Crippen LogP contribution is 2.25. The van der Waals surface area contributed by atoms with Crippen molar-refractivity contribution in [1.29, 1.82) is 0 Å². The Morgan fingerprint density at radius 1 is 0.935 bits per heavy atom. The van der Waals surface area contributed by atoms with Gasteiger partial charge in [-0.25, -0.2) is 9.78 Å². The van der Waals surface area contributed by atoms with E-state index in [4.69, 9.17) is 11.6 Å². The predicted molar refractivity (Wildman–Crippen MR) is 124 cm³/mol. The third kappa shape index (κ3) is 4.93. The number of hydrogen-bond acceptors (Lipinski definition) is 2. The maximum absolute atomic E-state index is 12.0. The van der Waals surface area contributed by atoms with Gasteiger partial charge < -0.3 is 9.67 Å². The minimum Gasteiger partial charge on any atom is -0.478 e. The van der Waals surface area contributed by atoms with Gasteiger partial charge in [-0.3, -0.25) is 0 Å². The third-order valence-electron chi connectivity index (χ3n) is 5.04. The van der Waals surface area contributed by atoms with Crippen LogP contribution < -0.4 is 0 Å². The number of carboxylic acids is 1.